The lowest BCUT2D eigenvalue weighted by molar-refractivity contribution is 0.196. The van der Waals surface area contributed by atoms with E-state index in [0.29, 0.717) is 0 Å². The van der Waals surface area contributed by atoms with Crippen LogP contribution in [0.15, 0.2) is 0 Å². The van der Waals surface area contributed by atoms with E-state index in [1.807, 2.05) is 5.32 Å². The maximum atomic E-state index is 9.68. The van der Waals surface area contributed by atoms with Gasteiger partial charge in [0, 0.05) is 0 Å². The Hall–Kier alpha value is -0.840. The van der Waals surface area contributed by atoms with Crippen molar-refractivity contribution in [3.05, 3.63) is 0 Å². The van der Waals surface area contributed by atoms with Crippen LogP contribution in [0.25, 0.3) is 0 Å². The van der Waals surface area contributed by atoms with Gasteiger partial charge < -0.3 is 16.2 Å². The van der Waals surface area contributed by atoms with Gasteiger partial charge in [-0.1, -0.05) is 12.2 Å². The summed E-state index contributed by atoms with van der Waals surface area (Å²) in [5.41, 5.74) is 4.95. The lowest BCUT2D eigenvalue weighted by Crippen LogP contribution is -2.30. The number of hydrogen-bond donors (Lipinski definition) is 3. The number of carbonyl (C=O) groups is 1. The quantitative estimate of drug-likeness (QED) is 0.447. The molecule has 0 aromatic rings. The highest BCUT2D eigenvalue weighted by Crippen LogP contribution is 1.62. The fraction of sp³-hybridized carbons (Fsp3) is 0.333. The standard InChI is InChI=1S/C3H6N2O2S/c4-2(8)1-5-3(6)7/h5H,1H2,(H2,4,8)(H,6,7). The van der Waals surface area contributed by atoms with Gasteiger partial charge in [-0.25, -0.2) is 4.79 Å². The first kappa shape index (κ1) is 7.16. The fourth-order valence-corrected chi connectivity index (χ4v) is 0.235. The molecule has 4 N–H and O–H groups in total. The Morgan fingerprint density at radius 2 is 2.38 bits per heavy atom. The summed E-state index contributed by atoms with van der Waals surface area (Å²) in [6.45, 7) is 0.0463. The average Bonchev–Trinajstić information content (AvgIpc) is 1.61. The van der Waals surface area contributed by atoms with Crippen molar-refractivity contribution in [2.75, 3.05) is 6.54 Å². The Kier molecular flexibility index (Phi) is 2.86. The highest BCUT2D eigenvalue weighted by atomic mass is 32.1. The lowest BCUT2D eigenvalue weighted by atomic mass is 10.6. The van der Waals surface area contributed by atoms with Gasteiger partial charge in [0.15, 0.2) is 0 Å². The molecular formula is C3H6N2O2S. The Morgan fingerprint density at radius 1 is 1.88 bits per heavy atom. The maximum absolute atomic E-state index is 9.68. The van der Waals surface area contributed by atoms with Crippen molar-refractivity contribution in [1.82, 2.24) is 5.32 Å². The van der Waals surface area contributed by atoms with Crippen LogP contribution < -0.4 is 11.1 Å². The molecule has 0 unspecified atom stereocenters. The second-order valence-corrected chi connectivity index (χ2v) is 1.65. The first-order valence-corrected chi connectivity index (χ1v) is 2.29. The number of hydrogen-bond acceptors (Lipinski definition) is 2. The third-order valence-corrected chi connectivity index (χ3v) is 0.558. The van der Waals surface area contributed by atoms with E-state index in [4.69, 9.17) is 10.8 Å². The molecule has 0 rings (SSSR count). The van der Waals surface area contributed by atoms with E-state index >= 15 is 0 Å². The van der Waals surface area contributed by atoms with Crippen LogP contribution in [-0.2, 0) is 0 Å². The minimum Gasteiger partial charge on any atom is -0.465 e. The third-order valence-electron chi connectivity index (χ3n) is 0.414. The van der Waals surface area contributed by atoms with Gasteiger partial charge in [0.2, 0.25) is 0 Å². The lowest BCUT2D eigenvalue weighted by Gasteiger charge is -1.94. The molecule has 5 heteroatoms. The molecule has 0 saturated heterocycles. The molecule has 0 aliphatic heterocycles. The molecule has 46 valence electrons. The zero-order valence-electron chi connectivity index (χ0n) is 4.05. The molecule has 0 aliphatic carbocycles. The number of carboxylic acid groups (broad SMARTS) is 1. The molecule has 0 atom stereocenters. The minimum atomic E-state index is -1.11. The van der Waals surface area contributed by atoms with Crippen molar-refractivity contribution in [3.8, 4) is 0 Å². The average molecular weight is 134 g/mol. The summed E-state index contributed by atoms with van der Waals surface area (Å²) in [5.74, 6) is 0. The second kappa shape index (κ2) is 3.20. The summed E-state index contributed by atoms with van der Waals surface area (Å²) in [5, 5.41) is 9.93. The molecule has 1 amide bonds. The van der Waals surface area contributed by atoms with E-state index in [1.54, 1.807) is 0 Å². The van der Waals surface area contributed by atoms with Crippen LogP contribution in [0, 0.1) is 0 Å². The monoisotopic (exact) mass is 134 g/mol. The predicted molar refractivity (Wildman–Crippen MR) is 32.8 cm³/mol. The van der Waals surface area contributed by atoms with Crippen LogP contribution in [0.3, 0.4) is 0 Å². The normalized spacial score (nSPS) is 8.00. The molecule has 0 aromatic heterocycles. The Morgan fingerprint density at radius 3 is 2.50 bits per heavy atom. The zero-order valence-corrected chi connectivity index (χ0v) is 4.86. The van der Waals surface area contributed by atoms with Gasteiger partial charge in [-0.3, -0.25) is 0 Å². The topological polar surface area (TPSA) is 75.3 Å². The predicted octanol–water partition coefficient (Wildman–Crippen LogP) is -0.460. The van der Waals surface area contributed by atoms with Gasteiger partial charge in [-0.05, 0) is 0 Å². The summed E-state index contributed by atoms with van der Waals surface area (Å²) in [7, 11) is 0. The number of nitrogens with one attached hydrogen (secondary N) is 1. The summed E-state index contributed by atoms with van der Waals surface area (Å²) in [6.07, 6.45) is -1.11. The SMILES string of the molecule is NC(=S)CNC(=O)O. The number of amides is 1. The van der Waals surface area contributed by atoms with Crippen molar-refractivity contribution < 1.29 is 9.90 Å². The molecule has 8 heavy (non-hydrogen) atoms. The summed E-state index contributed by atoms with van der Waals surface area (Å²) < 4.78 is 0. The minimum absolute atomic E-state index is 0.0463. The highest BCUT2D eigenvalue weighted by molar-refractivity contribution is 7.80. The largest absolute Gasteiger partial charge is 0.465 e. The zero-order chi connectivity index (χ0) is 6.57. The van der Waals surface area contributed by atoms with E-state index in [2.05, 4.69) is 12.2 Å². The first-order chi connectivity index (χ1) is 3.63. The van der Waals surface area contributed by atoms with Crippen LogP contribution >= 0.6 is 12.2 Å². The van der Waals surface area contributed by atoms with Crippen molar-refractivity contribution in [2.24, 2.45) is 5.73 Å². The van der Waals surface area contributed by atoms with Crippen LogP contribution in [0.2, 0.25) is 0 Å². The highest BCUT2D eigenvalue weighted by Gasteiger charge is 1.91. The molecule has 0 saturated carbocycles. The van der Waals surface area contributed by atoms with E-state index in [9.17, 15) is 4.79 Å². The van der Waals surface area contributed by atoms with Crippen LogP contribution in [0.4, 0.5) is 4.79 Å². The van der Waals surface area contributed by atoms with Gasteiger partial charge in [-0.15, -0.1) is 0 Å². The Balaban J connectivity index is 3.18. The van der Waals surface area contributed by atoms with E-state index < -0.39 is 6.09 Å². The van der Waals surface area contributed by atoms with Crippen LogP contribution in [0.1, 0.15) is 0 Å². The Labute approximate surface area is 51.7 Å². The summed E-state index contributed by atoms with van der Waals surface area (Å²) in [4.78, 5) is 9.82. The molecule has 0 fully saturated rings. The second-order valence-electron chi connectivity index (χ2n) is 1.13. The van der Waals surface area contributed by atoms with Gasteiger partial charge in [-0.2, -0.15) is 0 Å². The number of thiocarbonyl (C=S) groups is 1. The van der Waals surface area contributed by atoms with Gasteiger partial charge >= 0.3 is 6.09 Å². The molecule has 0 heterocycles. The van der Waals surface area contributed by atoms with Gasteiger partial charge in [0.05, 0.1) is 11.5 Å². The van der Waals surface area contributed by atoms with Crippen molar-refractivity contribution in [2.45, 2.75) is 0 Å². The Bertz CT molecular complexity index is 99.9. The molecule has 0 radical (unpaired) electrons. The van der Waals surface area contributed by atoms with Crippen LogP contribution in [0.5, 0.6) is 0 Å². The third kappa shape index (κ3) is 5.16. The summed E-state index contributed by atoms with van der Waals surface area (Å²) >= 11 is 4.37. The molecular weight excluding hydrogens is 128 g/mol. The first-order valence-electron chi connectivity index (χ1n) is 1.88. The van der Waals surface area contributed by atoms with E-state index in [1.165, 1.54) is 0 Å². The van der Waals surface area contributed by atoms with Gasteiger partial charge in [0.25, 0.3) is 0 Å². The molecule has 4 nitrogen and oxygen atoms in total. The van der Waals surface area contributed by atoms with Gasteiger partial charge in [0.1, 0.15) is 0 Å². The summed E-state index contributed by atoms with van der Waals surface area (Å²) in [6, 6.07) is 0. The molecule has 0 aliphatic rings. The van der Waals surface area contributed by atoms with Crippen LogP contribution in [-0.4, -0.2) is 22.7 Å². The number of rotatable bonds is 2. The molecule has 0 spiro atoms. The molecule has 0 aromatic carbocycles. The van der Waals surface area contributed by atoms with Crippen molar-refractivity contribution >= 4 is 23.3 Å². The maximum Gasteiger partial charge on any atom is 0.405 e. The fourth-order valence-electron chi connectivity index (χ4n) is 0.163. The van der Waals surface area contributed by atoms with E-state index in [-0.39, 0.29) is 11.5 Å². The number of nitrogens with two attached hydrogens (primary N) is 1. The van der Waals surface area contributed by atoms with E-state index in [0.717, 1.165) is 0 Å². The molecule has 0 bridgehead atoms. The van der Waals surface area contributed by atoms with Crippen molar-refractivity contribution in [3.63, 3.8) is 0 Å². The van der Waals surface area contributed by atoms with Crippen molar-refractivity contribution in [1.29, 1.82) is 0 Å². The smallest absolute Gasteiger partial charge is 0.405 e.